The van der Waals surface area contributed by atoms with Crippen LogP contribution in [0, 0.1) is 6.92 Å². The molecule has 1 aromatic carbocycles. The number of nitrogens with one attached hydrogen (secondary N) is 1. The van der Waals surface area contributed by atoms with E-state index in [-0.39, 0.29) is 0 Å². The van der Waals surface area contributed by atoms with Crippen molar-refractivity contribution in [3.05, 3.63) is 70.8 Å². The number of hydrogen-bond acceptors (Lipinski definition) is 4. The van der Waals surface area contributed by atoms with Crippen molar-refractivity contribution in [2.45, 2.75) is 13.3 Å². The van der Waals surface area contributed by atoms with E-state index in [0.29, 0.717) is 11.5 Å². The Morgan fingerprint density at radius 3 is 2.92 bits per heavy atom. The number of pyridine rings is 1. The van der Waals surface area contributed by atoms with Crippen molar-refractivity contribution in [3.63, 3.8) is 0 Å². The number of hydrogen-bond donors (Lipinski definition) is 1. The van der Waals surface area contributed by atoms with Crippen LogP contribution in [0.2, 0.25) is 5.02 Å². The second kappa shape index (κ2) is 6.02. The maximum absolute atomic E-state index is 6.11. The summed E-state index contributed by atoms with van der Waals surface area (Å²) in [4.78, 5) is 20.5. The van der Waals surface area contributed by atoms with Crippen molar-refractivity contribution in [1.82, 2.24) is 24.9 Å². The monoisotopic (exact) mass is 335 g/mol. The molecule has 6 heteroatoms. The molecule has 118 valence electrons. The lowest BCUT2D eigenvalue weighted by Crippen LogP contribution is -1.97. The van der Waals surface area contributed by atoms with Crippen LogP contribution in [0.25, 0.3) is 22.7 Å². The van der Waals surface area contributed by atoms with E-state index < -0.39 is 0 Å². The first kappa shape index (κ1) is 14.8. The van der Waals surface area contributed by atoms with Gasteiger partial charge in [-0.3, -0.25) is 0 Å². The van der Waals surface area contributed by atoms with Gasteiger partial charge in [0.05, 0.1) is 6.20 Å². The number of fused-ring (bicyclic) bond motifs is 1. The molecular formula is C18H14ClN5. The fourth-order valence-electron chi connectivity index (χ4n) is 2.62. The molecule has 0 atom stereocenters. The van der Waals surface area contributed by atoms with Crippen LogP contribution in [0.5, 0.6) is 0 Å². The lowest BCUT2D eigenvalue weighted by atomic mass is 10.0. The lowest BCUT2D eigenvalue weighted by molar-refractivity contribution is 1.05. The van der Waals surface area contributed by atoms with Gasteiger partial charge in [-0.2, -0.15) is 0 Å². The molecule has 0 saturated heterocycles. The van der Waals surface area contributed by atoms with E-state index in [1.807, 2.05) is 36.4 Å². The van der Waals surface area contributed by atoms with E-state index in [4.69, 9.17) is 16.6 Å². The van der Waals surface area contributed by atoms with Crippen LogP contribution < -0.4 is 0 Å². The van der Waals surface area contributed by atoms with Crippen LogP contribution in [0.1, 0.15) is 16.8 Å². The number of benzene rings is 1. The van der Waals surface area contributed by atoms with Gasteiger partial charge in [0.2, 0.25) is 0 Å². The van der Waals surface area contributed by atoms with E-state index in [1.165, 1.54) is 17.5 Å². The molecule has 0 radical (unpaired) electrons. The van der Waals surface area contributed by atoms with Gasteiger partial charge in [0.15, 0.2) is 11.5 Å². The molecule has 0 bridgehead atoms. The SMILES string of the molecule is Cc1ccc(Cl)cc1Cc1cccc(-c2nc3ncncc3[nH]2)n1. The Kier molecular flexibility index (Phi) is 3.70. The minimum Gasteiger partial charge on any atom is -0.334 e. The average molecular weight is 336 g/mol. The van der Waals surface area contributed by atoms with Gasteiger partial charge in [-0.25, -0.2) is 19.9 Å². The Morgan fingerprint density at radius 1 is 1.12 bits per heavy atom. The van der Waals surface area contributed by atoms with Crippen LogP contribution in [-0.2, 0) is 6.42 Å². The molecule has 24 heavy (non-hydrogen) atoms. The third kappa shape index (κ3) is 2.86. The summed E-state index contributed by atoms with van der Waals surface area (Å²) in [6.45, 7) is 2.08. The molecule has 0 amide bonds. The van der Waals surface area contributed by atoms with E-state index in [1.54, 1.807) is 6.20 Å². The Morgan fingerprint density at radius 2 is 2.04 bits per heavy atom. The summed E-state index contributed by atoms with van der Waals surface area (Å²) in [5.41, 5.74) is 5.55. The largest absolute Gasteiger partial charge is 0.334 e. The fourth-order valence-corrected chi connectivity index (χ4v) is 2.81. The molecule has 4 aromatic rings. The summed E-state index contributed by atoms with van der Waals surface area (Å²) < 4.78 is 0. The molecule has 3 heterocycles. The molecule has 0 aliphatic carbocycles. The number of aromatic amines is 1. The van der Waals surface area contributed by atoms with Crippen LogP contribution in [0.4, 0.5) is 0 Å². The third-order valence-corrected chi connectivity index (χ3v) is 4.13. The highest BCUT2D eigenvalue weighted by Gasteiger charge is 2.09. The Balaban J connectivity index is 1.69. The molecule has 0 saturated carbocycles. The van der Waals surface area contributed by atoms with Gasteiger partial charge < -0.3 is 4.98 Å². The molecule has 1 N–H and O–H groups in total. The standard InChI is InChI=1S/C18H14ClN5/c1-11-5-6-13(19)7-12(11)8-14-3-2-4-15(22-14)18-23-16-9-20-10-21-17(16)24-18/h2-7,9-10H,8H2,1H3,(H,20,21,23,24). The van der Waals surface area contributed by atoms with Gasteiger partial charge in [0, 0.05) is 17.1 Å². The van der Waals surface area contributed by atoms with Crippen LogP contribution in [-0.4, -0.2) is 24.9 Å². The first-order valence-corrected chi connectivity index (χ1v) is 7.94. The van der Waals surface area contributed by atoms with Crippen LogP contribution in [0.3, 0.4) is 0 Å². The highest BCUT2D eigenvalue weighted by atomic mass is 35.5. The molecule has 3 aromatic heterocycles. The first-order valence-electron chi connectivity index (χ1n) is 7.56. The van der Waals surface area contributed by atoms with Gasteiger partial charge in [0.25, 0.3) is 0 Å². The second-order valence-electron chi connectivity index (χ2n) is 5.61. The maximum atomic E-state index is 6.11. The third-order valence-electron chi connectivity index (χ3n) is 3.89. The summed E-state index contributed by atoms with van der Waals surface area (Å²) in [7, 11) is 0. The van der Waals surface area contributed by atoms with E-state index in [2.05, 4.69) is 26.9 Å². The zero-order chi connectivity index (χ0) is 16.5. The summed E-state index contributed by atoms with van der Waals surface area (Å²) in [5, 5.41) is 0.739. The summed E-state index contributed by atoms with van der Waals surface area (Å²) >= 11 is 6.11. The van der Waals surface area contributed by atoms with Gasteiger partial charge in [-0.15, -0.1) is 0 Å². The first-order chi connectivity index (χ1) is 11.7. The summed E-state index contributed by atoms with van der Waals surface area (Å²) in [6, 6.07) is 11.8. The zero-order valence-electron chi connectivity index (χ0n) is 13.0. The number of halogens is 1. The number of aryl methyl sites for hydroxylation is 1. The minimum absolute atomic E-state index is 0.637. The second-order valence-corrected chi connectivity index (χ2v) is 6.04. The predicted octanol–water partition coefficient (Wildman–Crippen LogP) is 3.97. The molecule has 0 spiro atoms. The van der Waals surface area contributed by atoms with E-state index >= 15 is 0 Å². The molecule has 4 rings (SSSR count). The van der Waals surface area contributed by atoms with Crippen molar-refractivity contribution < 1.29 is 0 Å². The number of imidazole rings is 1. The molecule has 0 aliphatic heterocycles. The minimum atomic E-state index is 0.637. The Labute approximate surface area is 143 Å². The molecular weight excluding hydrogens is 322 g/mol. The molecule has 0 unspecified atom stereocenters. The van der Waals surface area contributed by atoms with Crippen molar-refractivity contribution in [1.29, 1.82) is 0 Å². The highest BCUT2D eigenvalue weighted by molar-refractivity contribution is 6.30. The predicted molar refractivity (Wildman–Crippen MR) is 93.9 cm³/mol. The van der Waals surface area contributed by atoms with Crippen LogP contribution in [0.15, 0.2) is 48.9 Å². The quantitative estimate of drug-likeness (QED) is 0.615. The number of rotatable bonds is 3. The van der Waals surface area contributed by atoms with Crippen LogP contribution >= 0.6 is 11.6 Å². The smallest absolute Gasteiger partial charge is 0.181 e. The average Bonchev–Trinajstić information content (AvgIpc) is 3.03. The molecule has 0 aliphatic rings. The van der Waals surface area contributed by atoms with Gasteiger partial charge in [0.1, 0.15) is 17.5 Å². The maximum Gasteiger partial charge on any atom is 0.181 e. The van der Waals surface area contributed by atoms with Gasteiger partial charge >= 0.3 is 0 Å². The van der Waals surface area contributed by atoms with Crippen molar-refractivity contribution >= 4 is 22.8 Å². The topological polar surface area (TPSA) is 67.3 Å². The Hall–Kier alpha value is -2.79. The number of aromatic nitrogens is 5. The molecule has 0 fully saturated rings. The van der Waals surface area contributed by atoms with E-state index in [0.717, 1.165) is 28.3 Å². The highest BCUT2D eigenvalue weighted by Crippen LogP contribution is 2.21. The Bertz CT molecular complexity index is 992. The van der Waals surface area contributed by atoms with Gasteiger partial charge in [-0.05, 0) is 42.3 Å². The van der Waals surface area contributed by atoms with E-state index in [9.17, 15) is 0 Å². The molecule has 5 nitrogen and oxygen atoms in total. The number of nitrogens with zero attached hydrogens (tertiary/aromatic N) is 4. The van der Waals surface area contributed by atoms with Gasteiger partial charge in [-0.1, -0.05) is 23.7 Å². The van der Waals surface area contributed by atoms with Crippen molar-refractivity contribution in [2.24, 2.45) is 0 Å². The summed E-state index contributed by atoms with van der Waals surface area (Å²) in [6.07, 6.45) is 3.91. The van der Waals surface area contributed by atoms with Crippen molar-refractivity contribution in [3.8, 4) is 11.5 Å². The lowest BCUT2D eigenvalue weighted by Gasteiger charge is -2.07. The zero-order valence-corrected chi connectivity index (χ0v) is 13.7. The normalized spacial score (nSPS) is 11.1. The number of H-pyrrole nitrogens is 1. The fraction of sp³-hybridized carbons (Fsp3) is 0.111. The van der Waals surface area contributed by atoms with Crippen molar-refractivity contribution in [2.75, 3.05) is 0 Å². The summed E-state index contributed by atoms with van der Waals surface area (Å²) in [5.74, 6) is 0.690.